The summed E-state index contributed by atoms with van der Waals surface area (Å²) in [5.74, 6) is -1.76. The number of morpholine rings is 1. The molecule has 8 nitrogen and oxygen atoms in total. The first-order valence-corrected chi connectivity index (χ1v) is 9.96. The van der Waals surface area contributed by atoms with Crippen LogP contribution in [0.25, 0.3) is 11.3 Å². The van der Waals surface area contributed by atoms with Crippen molar-refractivity contribution in [3.05, 3.63) is 18.5 Å². The van der Waals surface area contributed by atoms with Crippen LogP contribution in [0.5, 0.6) is 0 Å². The van der Waals surface area contributed by atoms with E-state index < -0.39 is 11.8 Å². The van der Waals surface area contributed by atoms with E-state index >= 15 is 0 Å². The highest BCUT2D eigenvalue weighted by molar-refractivity contribution is 5.65. The van der Waals surface area contributed by atoms with Crippen LogP contribution in [0.1, 0.15) is 12.8 Å². The number of nitrogens with two attached hydrogens (primary N) is 1. The number of ether oxygens (including phenoxy) is 1. The molecule has 4 fully saturated rings. The molecule has 1 saturated carbocycles. The maximum atomic E-state index is 14.2. The zero-order valence-corrected chi connectivity index (χ0v) is 15.7. The Morgan fingerprint density at radius 1 is 1.14 bits per heavy atom. The molecule has 0 bridgehead atoms. The highest BCUT2D eigenvalue weighted by atomic mass is 19.3. The zero-order valence-electron chi connectivity index (χ0n) is 15.7. The normalized spacial score (nSPS) is 31.8. The Kier molecular flexibility index (Phi) is 3.54. The maximum Gasteiger partial charge on any atom is 0.252 e. The van der Waals surface area contributed by atoms with Crippen LogP contribution in [-0.2, 0) is 4.74 Å². The minimum Gasteiger partial charge on any atom is -0.372 e. The van der Waals surface area contributed by atoms with Gasteiger partial charge in [0.15, 0.2) is 0 Å². The third kappa shape index (κ3) is 2.65. The van der Waals surface area contributed by atoms with Gasteiger partial charge in [-0.2, -0.15) is 4.98 Å². The summed E-state index contributed by atoms with van der Waals surface area (Å²) in [5.41, 5.74) is 6.99. The summed E-state index contributed by atoms with van der Waals surface area (Å²) in [4.78, 5) is 21.6. The number of nitrogen functional groups attached to an aromatic ring is 1. The summed E-state index contributed by atoms with van der Waals surface area (Å²) in [5, 5.41) is 0. The van der Waals surface area contributed by atoms with Crippen molar-refractivity contribution >= 4 is 17.7 Å². The van der Waals surface area contributed by atoms with E-state index in [4.69, 9.17) is 15.5 Å². The van der Waals surface area contributed by atoms with Gasteiger partial charge in [-0.05, 0) is 12.3 Å². The van der Waals surface area contributed by atoms with E-state index in [9.17, 15) is 8.78 Å². The first-order chi connectivity index (χ1) is 14.0. The molecule has 2 aromatic heterocycles. The number of hydrogen-bond acceptors (Lipinski definition) is 8. The van der Waals surface area contributed by atoms with Crippen LogP contribution < -0.4 is 15.5 Å². The Morgan fingerprint density at radius 2 is 1.97 bits per heavy atom. The molecule has 1 unspecified atom stereocenters. The maximum absolute atomic E-state index is 14.2. The summed E-state index contributed by atoms with van der Waals surface area (Å²) >= 11 is 0. The Balaban J connectivity index is 1.36. The smallest absolute Gasteiger partial charge is 0.252 e. The van der Waals surface area contributed by atoms with Gasteiger partial charge in [-0.3, -0.25) is 0 Å². The molecule has 0 amide bonds. The largest absolute Gasteiger partial charge is 0.372 e. The molecule has 4 atom stereocenters. The summed E-state index contributed by atoms with van der Waals surface area (Å²) < 4.78 is 34.0. The van der Waals surface area contributed by atoms with Crippen molar-refractivity contribution < 1.29 is 13.5 Å². The fraction of sp³-hybridized carbons (Fsp3) is 0.579. The van der Waals surface area contributed by atoms with E-state index in [1.807, 2.05) is 11.0 Å². The van der Waals surface area contributed by atoms with Gasteiger partial charge < -0.3 is 20.3 Å². The molecular weight excluding hydrogens is 380 g/mol. The average Bonchev–Trinajstić information content (AvgIpc) is 3.25. The Bertz CT molecular complexity index is 956. The number of halogens is 2. The molecule has 10 heteroatoms. The second kappa shape index (κ2) is 5.94. The fourth-order valence-electron chi connectivity index (χ4n) is 4.94. The second-order valence-corrected chi connectivity index (χ2v) is 8.40. The molecule has 6 rings (SSSR count). The van der Waals surface area contributed by atoms with Crippen molar-refractivity contribution in [2.24, 2.45) is 11.8 Å². The van der Waals surface area contributed by atoms with Gasteiger partial charge in [0.2, 0.25) is 11.9 Å². The van der Waals surface area contributed by atoms with Gasteiger partial charge in [0.05, 0.1) is 24.4 Å². The number of rotatable bonds is 3. The summed E-state index contributed by atoms with van der Waals surface area (Å²) in [6.07, 6.45) is 4.05. The quantitative estimate of drug-likeness (QED) is 0.829. The van der Waals surface area contributed by atoms with Crippen LogP contribution in [0.4, 0.5) is 26.5 Å². The molecule has 5 heterocycles. The van der Waals surface area contributed by atoms with Crippen LogP contribution in [0, 0.1) is 11.8 Å². The van der Waals surface area contributed by atoms with Crippen LogP contribution in [-0.4, -0.2) is 64.2 Å². The van der Waals surface area contributed by atoms with Crippen molar-refractivity contribution in [2.75, 3.05) is 41.8 Å². The van der Waals surface area contributed by atoms with Gasteiger partial charge in [-0.25, -0.2) is 23.7 Å². The number of anilines is 3. The average molecular weight is 401 g/mol. The lowest BCUT2D eigenvalue weighted by atomic mass is 9.95. The first kappa shape index (κ1) is 17.3. The highest BCUT2D eigenvalue weighted by Crippen LogP contribution is 2.49. The molecule has 0 spiro atoms. The molecule has 3 aliphatic heterocycles. The molecule has 1 aliphatic carbocycles. The number of hydrogen-bond donors (Lipinski definition) is 1. The zero-order chi connectivity index (χ0) is 19.8. The lowest BCUT2D eigenvalue weighted by molar-refractivity contribution is -0.113. The monoisotopic (exact) mass is 401 g/mol. The van der Waals surface area contributed by atoms with E-state index in [0.29, 0.717) is 37.3 Å². The summed E-state index contributed by atoms with van der Waals surface area (Å²) in [7, 11) is 0. The SMILES string of the molecule is Nc1ncc(-c2cc(N3C[C@H]4OCC43)nc(N3C[C@H]4CCC(F)(F)[C@H]4C3)n2)cn1. The van der Waals surface area contributed by atoms with E-state index in [2.05, 4.69) is 19.9 Å². The minimum absolute atomic E-state index is 0.00557. The van der Waals surface area contributed by atoms with E-state index in [0.717, 1.165) is 17.9 Å². The molecular formula is C19H21F2N7O. The van der Waals surface area contributed by atoms with Crippen molar-refractivity contribution in [1.82, 2.24) is 19.9 Å². The predicted molar refractivity (Wildman–Crippen MR) is 102 cm³/mol. The molecule has 4 aliphatic rings. The molecule has 3 saturated heterocycles. The van der Waals surface area contributed by atoms with Gasteiger partial charge in [0.1, 0.15) is 5.82 Å². The number of nitrogens with zero attached hydrogens (tertiary/aromatic N) is 6. The van der Waals surface area contributed by atoms with Crippen LogP contribution in [0.15, 0.2) is 18.5 Å². The lowest BCUT2D eigenvalue weighted by Gasteiger charge is -2.55. The lowest BCUT2D eigenvalue weighted by Crippen LogP contribution is -2.71. The molecule has 152 valence electrons. The van der Waals surface area contributed by atoms with Gasteiger partial charge in [0, 0.05) is 56.0 Å². The topological polar surface area (TPSA) is 93.3 Å². The van der Waals surface area contributed by atoms with Gasteiger partial charge >= 0.3 is 0 Å². The van der Waals surface area contributed by atoms with Crippen molar-refractivity contribution in [1.29, 1.82) is 0 Å². The van der Waals surface area contributed by atoms with Crippen molar-refractivity contribution in [3.8, 4) is 11.3 Å². The molecule has 0 radical (unpaired) electrons. The Labute approximate surface area is 166 Å². The van der Waals surface area contributed by atoms with Crippen LogP contribution in [0.3, 0.4) is 0 Å². The van der Waals surface area contributed by atoms with Gasteiger partial charge in [-0.1, -0.05) is 0 Å². The van der Waals surface area contributed by atoms with Gasteiger partial charge in [-0.15, -0.1) is 0 Å². The van der Waals surface area contributed by atoms with E-state index in [-0.39, 0.29) is 30.9 Å². The molecule has 2 N–H and O–H groups in total. The van der Waals surface area contributed by atoms with E-state index in [1.54, 1.807) is 12.4 Å². The Hall–Kier alpha value is -2.62. The van der Waals surface area contributed by atoms with Crippen molar-refractivity contribution in [3.63, 3.8) is 0 Å². The van der Waals surface area contributed by atoms with Crippen molar-refractivity contribution in [2.45, 2.75) is 30.9 Å². The molecule has 2 aromatic rings. The third-order valence-electron chi connectivity index (χ3n) is 6.76. The van der Waals surface area contributed by atoms with E-state index in [1.165, 1.54) is 0 Å². The predicted octanol–water partition coefficient (Wildman–Crippen LogP) is 1.58. The number of alkyl halides is 2. The third-order valence-corrected chi connectivity index (χ3v) is 6.76. The minimum atomic E-state index is -2.60. The Morgan fingerprint density at radius 3 is 2.62 bits per heavy atom. The van der Waals surface area contributed by atoms with Crippen LogP contribution in [0.2, 0.25) is 0 Å². The first-order valence-electron chi connectivity index (χ1n) is 9.96. The summed E-state index contributed by atoms with van der Waals surface area (Å²) in [6, 6.07) is 2.23. The van der Waals surface area contributed by atoms with Gasteiger partial charge in [0.25, 0.3) is 5.92 Å². The summed E-state index contributed by atoms with van der Waals surface area (Å²) in [6.45, 7) is 2.32. The fourth-order valence-corrected chi connectivity index (χ4v) is 4.94. The van der Waals surface area contributed by atoms with Crippen LogP contribution >= 0.6 is 0 Å². The number of aromatic nitrogens is 4. The molecule has 0 aromatic carbocycles. The second-order valence-electron chi connectivity index (χ2n) is 8.40. The molecule has 29 heavy (non-hydrogen) atoms. The highest BCUT2D eigenvalue weighted by Gasteiger charge is 2.54. The number of fused-ring (bicyclic) bond motifs is 2. The standard InChI is InChI=1S/C19H21F2N7O/c20-19(21)2-1-10-6-27(7-12(10)19)18-25-13(11-4-23-17(22)24-5-11)3-16(26-18)28-8-15-14(28)9-29-15/h3-5,10,12,14-15H,1-2,6-9H2,(H2,22,23,24)/t10-,12+,14?,15-/m1/s1.